The Bertz CT molecular complexity index is 232. The Kier molecular flexibility index (Phi) is 2.18. The lowest BCUT2D eigenvalue weighted by molar-refractivity contribution is -0.122. The van der Waals surface area contributed by atoms with Gasteiger partial charge in [0.05, 0.1) is 25.3 Å². The maximum atomic E-state index is 11.7. The second-order valence-electron chi connectivity index (χ2n) is 4.97. The highest BCUT2D eigenvalue weighted by atomic mass is 16.6. The zero-order valence-electron chi connectivity index (χ0n) is 8.95. The minimum absolute atomic E-state index is 0.193. The van der Waals surface area contributed by atoms with Crippen molar-refractivity contribution in [3.05, 3.63) is 0 Å². The molecule has 3 aliphatic heterocycles. The normalized spacial score (nSPS) is 30.9. The maximum absolute atomic E-state index is 11.7. The fourth-order valence-corrected chi connectivity index (χ4v) is 1.95. The summed E-state index contributed by atoms with van der Waals surface area (Å²) in [7, 11) is 0. The van der Waals surface area contributed by atoms with Crippen molar-refractivity contribution in [2.75, 3.05) is 13.2 Å². The number of carbonyl (C=O) groups excluding carboxylic acids is 1. The molecule has 3 saturated heterocycles. The number of nitrogens with zero attached hydrogens (tertiary/aromatic N) is 1. The summed E-state index contributed by atoms with van der Waals surface area (Å²) in [6.07, 6.45) is 0.876. The third-order valence-electron chi connectivity index (χ3n) is 2.56. The quantitative estimate of drug-likeness (QED) is 0.592. The van der Waals surface area contributed by atoms with E-state index in [1.165, 1.54) is 0 Å². The van der Waals surface area contributed by atoms with Gasteiger partial charge >= 0.3 is 6.09 Å². The lowest BCUT2D eigenvalue weighted by Gasteiger charge is -2.51. The molecule has 4 nitrogen and oxygen atoms in total. The average molecular weight is 199 g/mol. The van der Waals surface area contributed by atoms with E-state index in [4.69, 9.17) is 9.47 Å². The highest BCUT2D eigenvalue weighted by molar-refractivity contribution is 5.70. The number of morpholine rings is 1. The van der Waals surface area contributed by atoms with E-state index in [2.05, 4.69) is 0 Å². The van der Waals surface area contributed by atoms with E-state index in [1.54, 1.807) is 0 Å². The summed E-state index contributed by atoms with van der Waals surface area (Å²) < 4.78 is 10.6. The standard InChI is InChI=1S/C10H17NO3/c1-10(2,3)14-9(12)11-7-4-8(11)6-13-5-7/h7-8H,4-6H2,1-3H3. The first-order valence-electron chi connectivity index (χ1n) is 5.06. The van der Waals surface area contributed by atoms with Crippen molar-refractivity contribution in [2.24, 2.45) is 0 Å². The minimum Gasteiger partial charge on any atom is -0.444 e. The molecular weight excluding hydrogens is 182 g/mol. The van der Waals surface area contributed by atoms with Gasteiger partial charge in [-0.2, -0.15) is 0 Å². The number of carbonyl (C=O) groups is 1. The second-order valence-corrected chi connectivity index (χ2v) is 4.97. The van der Waals surface area contributed by atoms with Gasteiger partial charge in [-0.25, -0.2) is 4.79 Å². The number of ether oxygens (including phenoxy) is 2. The molecule has 0 aromatic carbocycles. The Hall–Kier alpha value is -0.770. The molecule has 2 bridgehead atoms. The minimum atomic E-state index is -0.401. The van der Waals surface area contributed by atoms with Crippen molar-refractivity contribution in [2.45, 2.75) is 44.9 Å². The van der Waals surface area contributed by atoms with E-state index in [9.17, 15) is 4.79 Å². The maximum Gasteiger partial charge on any atom is 0.410 e. The van der Waals surface area contributed by atoms with Crippen molar-refractivity contribution in [3.8, 4) is 0 Å². The first-order valence-corrected chi connectivity index (χ1v) is 5.06. The molecule has 1 amide bonds. The van der Waals surface area contributed by atoms with E-state index < -0.39 is 5.60 Å². The van der Waals surface area contributed by atoms with Crippen LogP contribution in [-0.4, -0.2) is 41.9 Å². The van der Waals surface area contributed by atoms with E-state index in [0.717, 1.165) is 6.42 Å². The highest BCUT2D eigenvalue weighted by Gasteiger charge is 2.46. The third-order valence-corrected chi connectivity index (χ3v) is 2.56. The van der Waals surface area contributed by atoms with E-state index in [-0.39, 0.29) is 18.2 Å². The number of hydrogen-bond acceptors (Lipinski definition) is 3. The van der Waals surface area contributed by atoms with Crippen LogP contribution in [0.25, 0.3) is 0 Å². The van der Waals surface area contributed by atoms with Crippen LogP contribution in [0.2, 0.25) is 0 Å². The topological polar surface area (TPSA) is 38.8 Å². The molecule has 0 aromatic heterocycles. The van der Waals surface area contributed by atoms with Crippen LogP contribution in [0, 0.1) is 0 Å². The molecule has 3 fully saturated rings. The van der Waals surface area contributed by atoms with Crippen LogP contribution in [0.5, 0.6) is 0 Å². The van der Waals surface area contributed by atoms with Gasteiger partial charge in [0.15, 0.2) is 0 Å². The Morgan fingerprint density at radius 3 is 2.36 bits per heavy atom. The Morgan fingerprint density at radius 2 is 1.93 bits per heavy atom. The fraction of sp³-hybridized carbons (Fsp3) is 0.900. The largest absolute Gasteiger partial charge is 0.444 e. The molecule has 4 heteroatoms. The summed E-state index contributed by atoms with van der Waals surface area (Å²) in [5.41, 5.74) is -0.401. The van der Waals surface area contributed by atoms with Gasteiger partial charge in [0.2, 0.25) is 0 Å². The first-order chi connectivity index (χ1) is 6.47. The number of fused-ring (bicyclic) bond motifs is 2. The monoisotopic (exact) mass is 199 g/mol. The molecule has 3 heterocycles. The van der Waals surface area contributed by atoms with Crippen molar-refractivity contribution in [3.63, 3.8) is 0 Å². The molecule has 0 saturated carbocycles. The van der Waals surface area contributed by atoms with Crippen LogP contribution in [0.15, 0.2) is 0 Å². The van der Waals surface area contributed by atoms with Gasteiger partial charge in [-0.15, -0.1) is 0 Å². The molecule has 0 aromatic rings. The second kappa shape index (κ2) is 3.12. The predicted octanol–water partition coefficient (Wildman–Crippen LogP) is 1.39. The summed E-state index contributed by atoms with van der Waals surface area (Å²) in [5.74, 6) is 0. The predicted molar refractivity (Wildman–Crippen MR) is 51.1 cm³/mol. The summed E-state index contributed by atoms with van der Waals surface area (Å²) in [6, 6.07) is 0.507. The van der Waals surface area contributed by atoms with Crippen LogP contribution >= 0.6 is 0 Å². The highest BCUT2D eigenvalue weighted by Crippen LogP contribution is 2.32. The van der Waals surface area contributed by atoms with Gasteiger partial charge in [-0.05, 0) is 27.2 Å². The number of amides is 1. The molecule has 3 rings (SSSR count). The molecular formula is C10H17NO3. The molecule has 0 spiro atoms. The van der Waals surface area contributed by atoms with Gasteiger partial charge in [0.1, 0.15) is 5.60 Å². The van der Waals surface area contributed by atoms with Crippen molar-refractivity contribution in [1.82, 2.24) is 4.90 Å². The first kappa shape index (κ1) is 9.77. The third kappa shape index (κ3) is 1.71. The van der Waals surface area contributed by atoms with Crippen LogP contribution in [0.4, 0.5) is 4.79 Å². The fourth-order valence-electron chi connectivity index (χ4n) is 1.95. The SMILES string of the molecule is CC(C)(C)OC(=O)N1C2COCC1C2. The summed E-state index contributed by atoms with van der Waals surface area (Å²) >= 11 is 0. The Labute approximate surface area is 84.2 Å². The van der Waals surface area contributed by atoms with E-state index >= 15 is 0 Å². The van der Waals surface area contributed by atoms with Crippen molar-refractivity contribution >= 4 is 6.09 Å². The number of rotatable bonds is 0. The molecule has 0 radical (unpaired) electrons. The molecule has 0 N–H and O–H groups in total. The lowest BCUT2D eigenvalue weighted by atomic mass is 9.92. The molecule has 14 heavy (non-hydrogen) atoms. The van der Waals surface area contributed by atoms with E-state index in [0.29, 0.717) is 13.2 Å². The van der Waals surface area contributed by atoms with Crippen LogP contribution in [0.3, 0.4) is 0 Å². The molecule has 2 unspecified atom stereocenters. The van der Waals surface area contributed by atoms with Crippen molar-refractivity contribution < 1.29 is 14.3 Å². The van der Waals surface area contributed by atoms with Gasteiger partial charge in [0.25, 0.3) is 0 Å². The summed E-state index contributed by atoms with van der Waals surface area (Å²) in [5, 5.41) is 0. The molecule has 2 atom stereocenters. The Balaban J connectivity index is 1.93. The molecule has 3 aliphatic rings. The lowest BCUT2D eigenvalue weighted by Crippen LogP contribution is -2.66. The van der Waals surface area contributed by atoms with Gasteiger partial charge < -0.3 is 9.47 Å². The van der Waals surface area contributed by atoms with Crippen LogP contribution in [0.1, 0.15) is 27.2 Å². The summed E-state index contributed by atoms with van der Waals surface area (Å²) in [4.78, 5) is 13.5. The molecule has 0 aliphatic carbocycles. The number of hydrogen-bond donors (Lipinski definition) is 0. The van der Waals surface area contributed by atoms with Crippen LogP contribution < -0.4 is 0 Å². The zero-order chi connectivity index (χ0) is 10.3. The van der Waals surface area contributed by atoms with Crippen LogP contribution in [-0.2, 0) is 9.47 Å². The zero-order valence-corrected chi connectivity index (χ0v) is 8.95. The van der Waals surface area contributed by atoms with E-state index in [1.807, 2.05) is 25.7 Å². The van der Waals surface area contributed by atoms with Gasteiger partial charge in [0, 0.05) is 0 Å². The average Bonchev–Trinajstić information content (AvgIpc) is 2.01. The Morgan fingerprint density at radius 1 is 1.36 bits per heavy atom. The molecule has 80 valence electrons. The summed E-state index contributed by atoms with van der Waals surface area (Å²) in [6.45, 7) is 6.98. The van der Waals surface area contributed by atoms with Crippen molar-refractivity contribution in [1.29, 1.82) is 0 Å². The smallest absolute Gasteiger partial charge is 0.410 e. The van der Waals surface area contributed by atoms with Gasteiger partial charge in [-0.1, -0.05) is 0 Å². The van der Waals surface area contributed by atoms with Gasteiger partial charge in [-0.3, -0.25) is 4.90 Å².